The van der Waals surface area contributed by atoms with E-state index in [0.29, 0.717) is 30.1 Å². The Balaban J connectivity index is 1.60. The number of fused-ring (bicyclic) bond motifs is 1. The number of amides is 2. The molecule has 1 N–H and O–H groups in total. The molecule has 0 fully saturated rings. The van der Waals surface area contributed by atoms with Gasteiger partial charge in [-0.15, -0.1) is 0 Å². The van der Waals surface area contributed by atoms with Gasteiger partial charge < -0.3 is 15.0 Å². The van der Waals surface area contributed by atoms with E-state index in [1.807, 2.05) is 56.3 Å². The van der Waals surface area contributed by atoms with Gasteiger partial charge in [-0.25, -0.2) is 0 Å². The van der Waals surface area contributed by atoms with Crippen LogP contribution in [0.2, 0.25) is 0 Å². The first-order valence-corrected chi connectivity index (χ1v) is 9.42. The molecule has 0 spiro atoms. The molecule has 0 saturated carbocycles. The van der Waals surface area contributed by atoms with Crippen LogP contribution >= 0.6 is 0 Å². The normalized spacial score (nSPS) is 10.5. The number of ether oxygens (including phenoxy) is 1. The number of nitrogens with zero attached hydrogens (tertiary/aromatic N) is 1. The summed E-state index contributed by atoms with van der Waals surface area (Å²) in [6.07, 6.45) is 0. The maximum Gasteiger partial charge on any atom is 0.262 e. The number of carbonyl (C=O) groups is 2. The highest BCUT2D eigenvalue weighted by Crippen LogP contribution is 2.25. The van der Waals surface area contributed by atoms with E-state index in [-0.39, 0.29) is 18.4 Å². The van der Waals surface area contributed by atoms with Crippen LogP contribution in [0.1, 0.15) is 24.2 Å². The molecule has 0 bridgehead atoms. The monoisotopic (exact) mass is 376 g/mol. The second kappa shape index (κ2) is 9.04. The van der Waals surface area contributed by atoms with E-state index in [1.54, 1.807) is 29.2 Å². The van der Waals surface area contributed by atoms with Gasteiger partial charge >= 0.3 is 0 Å². The number of hydrogen-bond acceptors (Lipinski definition) is 3. The lowest BCUT2D eigenvalue weighted by molar-refractivity contribution is -0.118. The molecule has 3 rings (SSSR count). The number of rotatable bonds is 7. The van der Waals surface area contributed by atoms with Crippen molar-refractivity contribution in [3.63, 3.8) is 0 Å². The third kappa shape index (κ3) is 4.49. The quantitative estimate of drug-likeness (QED) is 0.667. The van der Waals surface area contributed by atoms with Crippen molar-refractivity contribution in [2.45, 2.75) is 13.8 Å². The highest BCUT2D eigenvalue weighted by atomic mass is 16.5. The minimum atomic E-state index is -0.254. The Kier molecular flexibility index (Phi) is 6.27. The fourth-order valence-electron chi connectivity index (χ4n) is 3.05. The Bertz CT molecular complexity index is 958. The van der Waals surface area contributed by atoms with Gasteiger partial charge in [0.1, 0.15) is 5.75 Å². The van der Waals surface area contributed by atoms with Crippen molar-refractivity contribution in [1.82, 2.24) is 4.90 Å². The van der Waals surface area contributed by atoms with Crippen LogP contribution in [0.4, 0.5) is 5.69 Å². The van der Waals surface area contributed by atoms with Crippen molar-refractivity contribution in [3.8, 4) is 5.75 Å². The molecular formula is C23H24N2O3. The number of anilines is 1. The second-order valence-corrected chi connectivity index (χ2v) is 6.37. The Hall–Kier alpha value is -3.34. The lowest BCUT2D eigenvalue weighted by Gasteiger charge is -2.18. The minimum absolute atomic E-state index is 0.0119. The predicted octanol–water partition coefficient (Wildman–Crippen LogP) is 4.34. The maximum atomic E-state index is 12.3. The molecule has 28 heavy (non-hydrogen) atoms. The standard InChI is InChI=1S/C23H24N2O3/c1-3-25(4-2)23(27)18-12-14-19(15-13-18)24-22(26)16-28-21-11-7-9-17-8-5-6-10-20(17)21/h5-15H,3-4,16H2,1-2H3,(H,24,26). The van der Waals surface area contributed by atoms with Crippen LogP contribution in [0, 0.1) is 0 Å². The fraction of sp³-hybridized carbons (Fsp3) is 0.217. The average molecular weight is 376 g/mol. The molecule has 0 aromatic heterocycles. The molecule has 144 valence electrons. The molecule has 0 heterocycles. The molecule has 0 saturated heterocycles. The van der Waals surface area contributed by atoms with Crippen LogP contribution in [0.5, 0.6) is 5.75 Å². The topological polar surface area (TPSA) is 58.6 Å². The first-order chi connectivity index (χ1) is 13.6. The summed E-state index contributed by atoms with van der Waals surface area (Å²) in [6, 6.07) is 20.5. The summed E-state index contributed by atoms with van der Waals surface area (Å²) in [5.41, 5.74) is 1.23. The van der Waals surface area contributed by atoms with Gasteiger partial charge in [-0.2, -0.15) is 0 Å². The predicted molar refractivity (Wildman–Crippen MR) is 112 cm³/mol. The lowest BCUT2D eigenvalue weighted by atomic mass is 10.1. The van der Waals surface area contributed by atoms with E-state index in [1.165, 1.54) is 0 Å². The summed E-state index contributed by atoms with van der Waals surface area (Å²) in [5.74, 6) is 0.409. The van der Waals surface area contributed by atoms with Gasteiger partial charge in [-0.1, -0.05) is 36.4 Å². The van der Waals surface area contributed by atoms with Crippen molar-refractivity contribution < 1.29 is 14.3 Å². The van der Waals surface area contributed by atoms with Crippen LogP contribution in [-0.2, 0) is 4.79 Å². The van der Waals surface area contributed by atoms with E-state index >= 15 is 0 Å². The van der Waals surface area contributed by atoms with Crippen molar-refractivity contribution in [1.29, 1.82) is 0 Å². The molecule has 0 aliphatic rings. The highest BCUT2D eigenvalue weighted by Gasteiger charge is 2.12. The lowest BCUT2D eigenvalue weighted by Crippen LogP contribution is -2.30. The summed E-state index contributed by atoms with van der Waals surface area (Å²) in [4.78, 5) is 26.3. The van der Waals surface area contributed by atoms with Crippen LogP contribution in [0.3, 0.4) is 0 Å². The van der Waals surface area contributed by atoms with Gasteiger partial charge in [0.2, 0.25) is 0 Å². The largest absolute Gasteiger partial charge is 0.483 e. The zero-order valence-corrected chi connectivity index (χ0v) is 16.1. The molecule has 0 aliphatic heterocycles. The zero-order valence-electron chi connectivity index (χ0n) is 16.1. The van der Waals surface area contributed by atoms with E-state index in [2.05, 4.69) is 5.32 Å². The third-order valence-electron chi connectivity index (χ3n) is 4.57. The van der Waals surface area contributed by atoms with Crippen LogP contribution in [0.25, 0.3) is 10.8 Å². The number of hydrogen-bond donors (Lipinski definition) is 1. The molecule has 0 atom stereocenters. The minimum Gasteiger partial charge on any atom is -0.483 e. The molecule has 2 amide bonds. The average Bonchev–Trinajstić information content (AvgIpc) is 2.73. The molecule has 0 aliphatic carbocycles. The van der Waals surface area contributed by atoms with Crippen LogP contribution in [0.15, 0.2) is 66.7 Å². The number of nitrogens with one attached hydrogen (secondary N) is 1. The van der Waals surface area contributed by atoms with Gasteiger partial charge in [-0.3, -0.25) is 9.59 Å². The zero-order chi connectivity index (χ0) is 19.9. The van der Waals surface area contributed by atoms with E-state index in [9.17, 15) is 9.59 Å². The van der Waals surface area contributed by atoms with Crippen LogP contribution < -0.4 is 10.1 Å². The van der Waals surface area contributed by atoms with Gasteiger partial charge in [0.05, 0.1) is 0 Å². The molecular weight excluding hydrogens is 352 g/mol. The first-order valence-electron chi connectivity index (χ1n) is 9.42. The van der Waals surface area contributed by atoms with E-state index in [4.69, 9.17) is 4.74 Å². The fourth-order valence-corrected chi connectivity index (χ4v) is 3.05. The van der Waals surface area contributed by atoms with Gasteiger partial charge in [0.15, 0.2) is 6.61 Å². The Labute approximate surface area is 164 Å². The molecule has 0 unspecified atom stereocenters. The number of benzene rings is 3. The summed E-state index contributed by atoms with van der Waals surface area (Å²) in [5, 5.41) is 4.83. The molecule has 0 radical (unpaired) electrons. The Morgan fingerprint density at radius 1 is 0.893 bits per heavy atom. The first kappa shape index (κ1) is 19.4. The van der Waals surface area contributed by atoms with Gasteiger partial charge in [-0.05, 0) is 49.6 Å². The van der Waals surface area contributed by atoms with Crippen molar-refractivity contribution in [2.75, 3.05) is 25.0 Å². The van der Waals surface area contributed by atoms with Crippen molar-refractivity contribution in [2.24, 2.45) is 0 Å². The molecule has 3 aromatic carbocycles. The SMILES string of the molecule is CCN(CC)C(=O)c1ccc(NC(=O)COc2cccc3ccccc23)cc1. The smallest absolute Gasteiger partial charge is 0.262 e. The Morgan fingerprint density at radius 3 is 2.29 bits per heavy atom. The summed E-state index contributed by atoms with van der Waals surface area (Å²) >= 11 is 0. The van der Waals surface area contributed by atoms with Crippen LogP contribution in [-0.4, -0.2) is 36.4 Å². The second-order valence-electron chi connectivity index (χ2n) is 6.37. The maximum absolute atomic E-state index is 12.3. The van der Waals surface area contributed by atoms with Crippen molar-refractivity contribution in [3.05, 3.63) is 72.3 Å². The summed E-state index contributed by atoms with van der Waals surface area (Å²) < 4.78 is 5.70. The molecule has 5 nitrogen and oxygen atoms in total. The molecule has 3 aromatic rings. The summed E-state index contributed by atoms with van der Waals surface area (Å²) in [7, 11) is 0. The van der Waals surface area contributed by atoms with Crippen molar-refractivity contribution >= 4 is 28.3 Å². The molecule has 5 heteroatoms. The number of carbonyl (C=O) groups excluding carboxylic acids is 2. The third-order valence-corrected chi connectivity index (χ3v) is 4.57. The van der Waals surface area contributed by atoms with E-state index < -0.39 is 0 Å². The highest BCUT2D eigenvalue weighted by molar-refractivity contribution is 5.96. The van der Waals surface area contributed by atoms with E-state index in [0.717, 1.165) is 10.8 Å². The Morgan fingerprint density at radius 2 is 1.57 bits per heavy atom. The summed E-state index contributed by atoms with van der Waals surface area (Å²) in [6.45, 7) is 5.14. The van der Waals surface area contributed by atoms with Gasteiger partial charge in [0, 0.05) is 29.7 Å². The van der Waals surface area contributed by atoms with Gasteiger partial charge in [0.25, 0.3) is 11.8 Å².